The lowest BCUT2D eigenvalue weighted by atomic mass is 9.59. The highest BCUT2D eigenvalue weighted by atomic mass is 33.1. The first-order valence-corrected chi connectivity index (χ1v) is 36.0. The average Bonchev–Trinajstić information content (AvgIpc) is 0.755. The van der Waals surface area contributed by atoms with Gasteiger partial charge in [-0.2, -0.15) is 0 Å². The highest BCUT2D eigenvalue weighted by Gasteiger charge is 2.75. The molecule has 2 unspecified atom stereocenters. The van der Waals surface area contributed by atoms with E-state index in [1.807, 2.05) is 243 Å². The lowest BCUT2D eigenvalue weighted by molar-refractivity contribution is -0.350. The molecule has 2 saturated heterocycles. The Bertz CT molecular complexity index is 3050. The Labute approximate surface area is 545 Å². The van der Waals surface area contributed by atoms with Crippen molar-refractivity contribution >= 4 is 66.5 Å². The van der Waals surface area contributed by atoms with Crippen LogP contribution in [0.2, 0.25) is 0 Å². The summed E-state index contributed by atoms with van der Waals surface area (Å²) < 4.78 is 14.3. The summed E-state index contributed by atoms with van der Waals surface area (Å²) in [7, 11) is 4.95. The van der Waals surface area contributed by atoms with Gasteiger partial charge in [0.05, 0.1) is 12.2 Å². The van der Waals surface area contributed by atoms with E-state index in [9.17, 15) is 40.9 Å². The van der Waals surface area contributed by atoms with E-state index < -0.39 is 68.9 Å². The number of aliphatic hydroxyl groups excluding tert-OH is 2. The summed E-state index contributed by atoms with van der Waals surface area (Å²) in [5, 5.41) is 110. The monoisotopic (exact) mass is 1300 g/mol. The molecule has 2 fully saturated rings. The minimum Gasteiger partial charge on any atom is -0.390 e. The fourth-order valence-electron chi connectivity index (χ4n) is 12.4. The van der Waals surface area contributed by atoms with Crippen LogP contribution in [0.3, 0.4) is 0 Å². The Morgan fingerprint density at radius 1 is 0.330 bits per heavy atom. The highest BCUT2D eigenvalue weighted by molar-refractivity contribution is 8.77. The van der Waals surface area contributed by atoms with Crippen molar-refractivity contribution in [3.63, 3.8) is 0 Å². The second-order valence-corrected chi connectivity index (χ2v) is 28.3. The van der Waals surface area contributed by atoms with Crippen molar-refractivity contribution in [2.75, 3.05) is 11.5 Å². The summed E-state index contributed by atoms with van der Waals surface area (Å²) in [6.45, 7) is 4.13. The van der Waals surface area contributed by atoms with Gasteiger partial charge >= 0.3 is 0 Å². The first-order valence-electron chi connectivity index (χ1n) is 29.7. The standard InChI is InChI=1S/C68H70O10S2.2C2H6S2/c69-57(41-49-25-9-1-10-26-49)59-63(71,43-51-29-13-3-14-30-51)67(75,47-55-37-21-7-22-38-55)65(73,45-53-33-17-5-18-34-53)61(77-59)79-80-62-66(74,46-54-35-19-6-20-36-54)68(76,48-56-39-23-8-24-40-56)64(72,44-52-31-15-4-16-32-52)60(78-62)58(70)42-50-27-11-2-12-28-50;2*1-2-4-3/h1-40,57-62,69-76H,41-48H2;2*3H,2H2,1H3/t57?,58?,59-,60-,61+,62+,63-,64-,65+,66+,67+,68+;;/m1../s1. The summed E-state index contributed by atoms with van der Waals surface area (Å²) >= 11 is 7.67. The normalized spacial score (nSPS) is 27.4. The Morgan fingerprint density at radius 2 is 0.523 bits per heavy atom. The van der Waals surface area contributed by atoms with Gasteiger partial charge < -0.3 is 50.3 Å². The summed E-state index contributed by atoms with van der Waals surface area (Å²) in [6.07, 6.45) is -7.69. The molecular formula is C72H82O10S6. The van der Waals surface area contributed by atoms with Crippen molar-refractivity contribution in [2.24, 2.45) is 0 Å². The zero-order valence-corrected chi connectivity index (χ0v) is 54.6. The van der Waals surface area contributed by atoms with Crippen LogP contribution in [0.4, 0.5) is 0 Å². The van der Waals surface area contributed by atoms with E-state index in [1.54, 1.807) is 21.6 Å². The van der Waals surface area contributed by atoms with Gasteiger partial charge in [-0.1, -0.05) is 300 Å². The summed E-state index contributed by atoms with van der Waals surface area (Å²) in [5.41, 5.74) is -12.7. The maximum Gasteiger partial charge on any atom is 0.145 e. The van der Waals surface area contributed by atoms with Crippen LogP contribution in [-0.4, -0.2) is 121 Å². The average molecular weight is 1300 g/mol. The molecule has 0 aromatic heterocycles. The van der Waals surface area contributed by atoms with Gasteiger partial charge in [0.1, 0.15) is 56.7 Å². The highest BCUT2D eigenvalue weighted by Crippen LogP contribution is 2.59. The first kappa shape index (κ1) is 69.4. The van der Waals surface area contributed by atoms with Crippen molar-refractivity contribution in [3.05, 3.63) is 287 Å². The molecule has 0 saturated carbocycles. The zero-order chi connectivity index (χ0) is 62.7. The maximum atomic E-state index is 14.3. The quantitative estimate of drug-likeness (QED) is 0.0216. The van der Waals surface area contributed by atoms with Crippen LogP contribution < -0.4 is 0 Å². The van der Waals surface area contributed by atoms with E-state index in [2.05, 4.69) is 37.2 Å². The van der Waals surface area contributed by atoms with Gasteiger partial charge in [0.15, 0.2) is 0 Å². The number of ether oxygens (including phenoxy) is 2. The minimum atomic E-state index is -2.53. The molecule has 88 heavy (non-hydrogen) atoms. The lowest BCUT2D eigenvalue weighted by Gasteiger charge is -2.63. The third-order valence-electron chi connectivity index (χ3n) is 16.8. The van der Waals surface area contributed by atoms with Crippen LogP contribution in [0.25, 0.3) is 0 Å². The Balaban J connectivity index is 0.00000118. The van der Waals surface area contributed by atoms with E-state index in [1.165, 1.54) is 0 Å². The molecule has 0 radical (unpaired) electrons. The second kappa shape index (κ2) is 32.6. The molecule has 0 bridgehead atoms. The molecule has 10 nitrogen and oxygen atoms in total. The smallest absolute Gasteiger partial charge is 0.145 e. The fourth-order valence-corrected chi connectivity index (χ4v) is 15.6. The number of aliphatic hydroxyl groups is 8. The molecule has 12 atom stereocenters. The Morgan fingerprint density at radius 3 is 0.739 bits per heavy atom. The number of hydrogen-bond donors (Lipinski definition) is 10. The van der Waals surface area contributed by atoms with E-state index in [0.29, 0.717) is 33.4 Å². The molecule has 8 aromatic carbocycles. The van der Waals surface area contributed by atoms with Crippen LogP contribution in [0.5, 0.6) is 0 Å². The largest absolute Gasteiger partial charge is 0.390 e. The zero-order valence-electron chi connectivity index (χ0n) is 49.6. The molecule has 0 spiro atoms. The predicted octanol–water partition coefficient (Wildman–Crippen LogP) is 12.0. The van der Waals surface area contributed by atoms with Crippen LogP contribution in [0, 0.1) is 0 Å². The third kappa shape index (κ3) is 16.2. The van der Waals surface area contributed by atoms with Crippen molar-refractivity contribution < 1.29 is 50.3 Å². The summed E-state index contributed by atoms with van der Waals surface area (Å²) in [4.78, 5) is 0. The molecule has 466 valence electrons. The van der Waals surface area contributed by atoms with Gasteiger partial charge in [-0.25, -0.2) is 0 Å². The molecule has 10 rings (SSSR count). The number of benzene rings is 8. The van der Waals surface area contributed by atoms with Gasteiger partial charge in [0.2, 0.25) is 0 Å². The van der Waals surface area contributed by atoms with Gasteiger partial charge in [0.25, 0.3) is 0 Å². The third-order valence-corrected chi connectivity index (χ3v) is 21.7. The fraction of sp³-hybridized carbons (Fsp3) is 0.333. The van der Waals surface area contributed by atoms with E-state index in [-0.39, 0.29) is 51.4 Å². The molecule has 8 aromatic rings. The van der Waals surface area contributed by atoms with Crippen LogP contribution in [0.1, 0.15) is 58.4 Å². The van der Waals surface area contributed by atoms with Crippen LogP contribution in [-0.2, 0) is 60.8 Å². The predicted molar refractivity (Wildman–Crippen MR) is 370 cm³/mol. The van der Waals surface area contributed by atoms with Gasteiger partial charge in [-0.15, -0.1) is 23.3 Å². The number of rotatable bonds is 23. The number of hydrogen-bond acceptors (Lipinski definition) is 16. The van der Waals surface area contributed by atoms with Crippen LogP contribution in [0.15, 0.2) is 243 Å². The molecule has 0 aliphatic carbocycles. The summed E-state index contributed by atoms with van der Waals surface area (Å²) in [6, 6.07) is 73.3. The van der Waals surface area contributed by atoms with E-state index >= 15 is 0 Å². The van der Waals surface area contributed by atoms with Crippen molar-refractivity contribution in [1.82, 2.24) is 0 Å². The van der Waals surface area contributed by atoms with Gasteiger partial charge in [-0.3, -0.25) is 0 Å². The Hall–Kier alpha value is -4.54. The molecule has 16 heteroatoms. The molecule has 2 heterocycles. The topological polar surface area (TPSA) is 180 Å². The first-order chi connectivity index (χ1) is 42.5. The minimum absolute atomic E-state index is 0.00171. The van der Waals surface area contributed by atoms with Crippen molar-refractivity contribution in [1.29, 1.82) is 0 Å². The molecule has 0 amide bonds. The number of thiol groups is 2. The molecule has 2 aliphatic heterocycles. The maximum absolute atomic E-state index is 14.3. The van der Waals surface area contributed by atoms with Crippen LogP contribution >= 0.6 is 66.5 Å². The molecule has 8 N–H and O–H groups in total. The van der Waals surface area contributed by atoms with Gasteiger partial charge in [-0.05, 0) is 44.5 Å². The summed E-state index contributed by atoms with van der Waals surface area (Å²) in [5.74, 6) is 2.20. The molecular weight excluding hydrogens is 1220 g/mol. The van der Waals surface area contributed by atoms with Crippen molar-refractivity contribution in [3.8, 4) is 0 Å². The van der Waals surface area contributed by atoms with E-state index in [4.69, 9.17) is 9.47 Å². The molecule has 2 aliphatic rings. The van der Waals surface area contributed by atoms with Gasteiger partial charge in [0, 0.05) is 62.9 Å². The SMILES string of the molecule is CCSS.CCSS.OC(Cc1ccccc1)[C@H]1O[C@@H](SS[C@@H]2O[C@H](C(O)Cc3ccccc3)[C@](O)(Cc3ccccc3)[C@@](O)(Cc3ccccc3)[C@]2(O)Cc2ccccc2)[C@@](O)(Cc2ccccc2)[C@](O)(Cc2ccccc2)[C@@]1(O)Cc1ccccc1. The Kier molecular flexibility index (Phi) is 25.7. The van der Waals surface area contributed by atoms with Crippen molar-refractivity contribution in [2.45, 2.75) is 134 Å². The second-order valence-electron chi connectivity index (χ2n) is 22.7. The lowest BCUT2D eigenvalue weighted by Crippen LogP contribution is -2.83. The van der Waals surface area contributed by atoms with E-state index in [0.717, 1.165) is 44.2 Å².